The van der Waals surface area contributed by atoms with E-state index >= 15 is 0 Å². The van der Waals surface area contributed by atoms with Gasteiger partial charge in [-0.25, -0.2) is 17.5 Å². The van der Waals surface area contributed by atoms with Crippen molar-refractivity contribution >= 4 is 10.0 Å². The summed E-state index contributed by atoms with van der Waals surface area (Å²) in [5.74, 6) is -0.210. The maximum absolute atomic E-state index is 13.5. The summed E-state index contributed by atoms with van der Waals surface area (Å²) < 4.78 is 45.3. The number of halogens is 1. The minimum absolute atomic E-state index is 0.103. The third-order valence-electron chi connectivity index (χ3n) is 3.69. The van der Waals surface area contributed by atoms with E-state index in [1.165, 1.54) is 12.1 Å². The number of sulfonamides is 1. The Kier molecular flexibility index (Phi) is 6.31. The molecule has 1 fully saturated rings. The second kappa shape index (κ2) is 8.01. The van der Waals surface area contributed by atoms with Gasteiger partial charge in [-0.05, 0) is 24.1 Å². The zero-order valence-electron chi connectivity index (χ0n) is 12.8. The second-order valence-corrected chi connectivity index (χ2v) is 7.31. The number of morpholine rings is 1. The molecule has 0 saturated carbocycles. The first-order chi connectivity index (χ1) is 10.5. The fourth-order valence-electron chi connectivity index (χ4n) is 2.61. The molecule has 0 aliphatic carbocycles. The van der Waals surface area contributed by atoms with E-state index in [9.17, 15) is 12.8 Å². The molecular weight excluding hydrogens is 307 g/mol. The predicted octanol–water partition coefficient (Wildman–Crippen LogP) is 1.53. The monoisotopic (exact) mass is 330 g/mol. The number of nitrogens with zero attached hydrogens (tertiary/aromatic N) is 1. The molecule has 124 valence electrons. The van der Waals surface area contributed by atoms with Gasteiger partial charge >= 0.3 is 0 Å². The topological polar surface area (TPSA) is 58.6 Å². The second-order valence-electron chi connectivity index (χ2n) is 5.39. The van der Waals surface area contributed by atoms with Gasteiger partial charge in [-0.1, -0.05) is 19.1 Å². The van der Waals surface area contributed by atoms with Crippen LogP contribution in [0.15, 0.2) is 24.3 Å². The highest BCUT2D eigenvalue weighted by Gasteiger charge is 2.24. The maximum Gasteiger partial charge on any atom is 0.211 e. The average molecular weight is 330 g/mol. The van der Waals surface area contributed by atoms with Crippen LogP contribution in [0.2, 0.25) is 0 Å². The van der Waals surface area contributed by atoms with Crippen LogP contribution in [0.5, 0.6) is 0 Å². The predicted molar refractivity (Wildman–Crippen MR) is 83.6 cm³/mol. The van der Waals surface area contributed by atoms with Crippen LogP contribution in [0.3, 0.4) is 0 Å². The van der Waals surface area contributed by atoms with Crippen LogP contribution < -0.4 is 4.72 Å². The fourth-order valence-corrected chi connectivity index (χ4v) is 3.70. The lowest BCUT2D eigenvalue weighted by molar-refractivity contribution is 0.0171. The molecule has 1 aromatic rings. The van der Waals surface area contributed by atoms with E-state index in [1.54, 1.807) is 6.07 Å². The molecule has 1 heterocycles. The largest absolute Gasteiger partial charge is 0.379 e. The van der Waals surface area contributed by atoms with Gasteiger partial charge in [0.2, 0.25) is 10.0 Å². The molecule has 7 heteroatoms. The molecule has 1 atom stereocenters. The van der Waals surface area contributed by atoms with Gasteiger partial charge in [-0.3, -0.25) is 4.90 Å². The van der Waals surface area contributed by atoms with Crippen molar-refractivity contribution in [2.75, 3.05) is 38.6 Å². The molecule has 1 aliphatic rings. The Morgan fingerprint density at radius 2 is 2.09 bits per heavy atom. The molecule has 2 rings (SSSR count). The molecule has 5 nitrogen and oxygen atoms in total. The number of hydrogen-bond acceptors (Lipinski definition) is 4. The first kappa shape index (κ1) is 17.3. The quantitative estimate of drug-likeness (QED) is 0.824. The molecule has 1 aliphatic heterocycles. The SMILES string of the molecule is CCCS(=O)(=O)NC[C@@H](c1cccc(F)c1)N1CCOCC1. The van der Waals surface area contributed by atoms with Crippen molar-refractivity contribution in [3.8, 4) is 0 Å². The summed E-state index contributed by atoms with van der Waals surface area (Å²) in [5, 5.41) is 0. The average Bonchev–Trinajstić information content (AvgIpc) is 2.48. The lowest BCUT2D eigenvalue weighted by Gasteiger charge is -2.34. The van der Waals surface area contributed by atoms with Crippen molar-refractivity contribution in [1.29, 1.82) is 0 Å². The Morgan fingerprint density at radius 1 is 1.36 bits per heavy atom. The van der Waals surface area contributed by atoms with Crippen molar-refractivity contribution in [2.45, 2.75) is 19.4 Å². The van der Waals surface area contributed by atoms with Crippen LogP contribution in [-0.4, -0.2) is 51.9 Å². The van der Waals surface area contributed by atoms with Gasteiger partial charge in [0.05, 0.1) is 19.0 Å². The third-order valence-corrected chi connectivity index (χ3v) is 5.24. The zero-order chi connectivity index (χ0) is 16.0. The highest BCUT2D eigenvalue weighted by Crippen LogP contribution is 2.22. The molecule has 0 bridgehead atoms. The first-order valence-corrected chi connectivity index (χ1v) is 9.21. The van der Waals surface area contributed by atoms with Crippen LogP contribution in [0.4, 0.5) is 4.39 Å². The first-order valence-electron chi connectivity index (χ1n) is 7.56. The minimum atomic E-state index is -3.29. The summed E-state index contributed by atoms with van der Waals surface area (Å²) in [6, 6.07) is 6.15. The van der Waals surface area contributed by atoms with E-state index in [2.05, 4.69) is 9.62 Å². The number of rotatable bonds is 7. The van der Waals surface area contributed by atoms with Gasteiger partial charge in [0, 0.05) is 25.7 Å². The molecular formula is C15H23FN2O3S. The summed E-state index contributed by atoms with van der Waals surface area (Å²) in [7, 11) is -3.29. The van der Waals surface area contributed by atoms with E-state index in [4.69, 9.17) is 4.74 Å². The summed E-state index contributed by atoms with van der Waals surface area (Å²) in [4.78, 5) is 2.13. The van der Waals surface area contributed by atoms with Crippen molar-refractivity contribution in [3.05, 3.63) is 35.6 Å². The van der Waals surface area contributed by atoms with Gasteiger partial charge < -0.3 is 4.74 Å². The molecule has 0 amide bonds. The molecule has 0 unspecified atom stereocenters. The summed E-state index contributed by atoms with van der Waals surface area (Å²) >= 11 is 0. The van der Waals surface area contributed by atoms with Crippen molar-refractivity contribution < 1.29 is 17.5 Å². The number of hydrogen-bond donors (Lipinski definition) is 1. The van der Waals surface area contributed by atoms with Crippen LogP contribution in [0.25, 0.3) is 0 Å². The normalized spacial score (nSPS) is 18.3. The smallest absolute Gasteiger partial charge is 0.211 e. The Balaban J connectivity index is 2.14. The van der Waals surface area contributed by atoms with Crippen molar-refractivity contribution in [1.82, 2.24) is 9.62 Å². The van der Waals surface area contributed by atoms with E-state index < -0.39 is 10.0 Å². The molecule has 1 N–H and O–H groups in total. The molecule has 1 aromatic carbocycles. The van der Waals surface area contributed by atoms with Crippen molar-refractivity contribution in [2.24, 2.45) is 0 Å². The van der Waals surface area contributed by atoms with Gasteiger partial charge in [0.1, 0.15) is 5.82 Å². The summed E-state index contributed by atoms with van der Waals surface area (Å²) in [6.45, 7) is 4.69. The van der Waals surface area contributed by atoms with Gasteiger partial charge in [-0.2, -0.15) is 0 Å². The highest BCUT2D eigenvalue weighted by atomic mass is 32.2. The molecule has 1 saturated heterocycles. The Morgan fingerprint density at radius 3 is 2.73 bits per heavy atom. The Bertz CT molecular complexity index is 574. The Hall–Kier alpha value is -1.02. The molecule has 0 radical (unpaired) electrons. The van der Waals surface area contributed by atoms with E-state index in [0.29, 0.717) is 32.7 Å². The van der Waals surface area contributed by atoms with Crippen LogP contribution in [0.1, 0.15) is 24.9 Å². The number of ether oxygens (including phenoxy) is 1. The third kappa shape index (κ3) is 5.01. The lowest BCUT2D eigenvalue weighted by atomic mass is 10.0. The van der Waals surface area contributed by atoms with Crippen LogP contribution in [0, 0.1) is 5.82 Å². The Labute approximate surface area is 131 Å². The van der Waals surface area contributed by atoms with Gasteiger partial charge in [0.25, 0.3) is 0 Å². The van der Waals surface area contributed by atoms with E-state index in [1.807, 2.05) is 13.0 Å². The number of nitrogens with one attached hydrogen (secondary N) is 1. The highest BCUT2D eigenvalue weighted by molar-refractivity contribution is 7.89. The molecule has 0 aromatic heterocycles. The molecule has 22 heavy (non-hydrogen) atoms. The summed E-state index contributed by atoms with van der Waals surface area (Å²) in [6.07, 6.45) is 0.567. The van der Waals surface area contributed by atoms with Crippen LogP contribution >= 0.6 is 0 Å². The van der Waals surface area contributed by atoms with E-state index in [-0.39, 0.29) is 24.2 Å². The van der Waals surface area contributed by atoms with Crippen LogP contribution in [-0.2, 0) is 14.8 Å². The number of benzene rings is 1. The fraction of sp³-hybridized carbons (Fsp3) is 0.600. The molecule has 0 spiro atoms. The van der Waals surface area contributed by atoms with Gasteiger partial charge in [0.15, 0.2) is 0 Å². The van der Waals surface area contributed by atoms with Gasteiger partial charge in [-0.15, -0.1) is 0 Å². The van der Waals surface area contributed by atoms with Crippen molar-refractivity contribution in [3.63, 3.8) is 0 Å². The zero-order valence-corrected chi connectivity index (χ0v) is 13.6. The lowest BCUT2D eigenvalue weighted by Crippen LogP contribution is -2.44. The maximum atomic E-state index is 13.5. The standard InChI is InChI=1S/C15H23FN2O3S/c1-2-10-22(19,20)17-12-15(18-6-8-21-9-7-18)13-4-3-5-14(16)11-13/h3-5,11,15,17H,2,6-10,12H2,1H3/t15-/m0/s1. The summed E-state index contributed by atoms with van der Waals surface area (Å²) in [5.41, 5.74) is 0.779. The van der Waals surface area contributed by atoms with E-state index in [0.717, 1.165) is 5.56 Å². The minimum Gasteiger partial charge on any atom is -0.379 e.